The lowest BCUT2D eigenvalue weighted by Gasteiger charge is -2.30. The van der Waals surface area contributed by atoms with Crippen LogP contribution in [0.1, 0.15) is 57.4 Å². The predicted molar refractivity (Wildman–Crippen MR) is 127 cm³/mol. The number of likely N-dealkylation sites (tertiary alicyclic amines) is 1. The fraction of sp³-hybridized carbons (Fsp3) is 0.593. The van der Waals surface area contributed by atoms with Gasteiger partial charge < -0.3 is 14.6 Å². The molecule has 0 radical (unpaired) electrons. The molecule has 4 rings (SSSR count). The molecule has 0 amide bonds. The molecule has 0 bridgehead atoms. The SMILES string of the molecule is CCCOC[C@H]1CC[C@@H](Oc2ccc3cc(CN4CCC(C(=O)O)CC4)ccc3c2)CC1. The van der Waals surface area contributed by atoms with Crippen LogP contribution in [0, 0.1) is 11.8 Å². The van der Waals surface area contributed by atoms with Crippen LogP contribution in [-0.4, -0.2) is 48.4 Å². The Hall–Kier alpha value is -2.11. The van der Waals surface area contributed by atoms with Crippen molar-refractivity contribution in [3.63, 3.8) is 0 Å². The zero-order valence-electron chi connectivity index (χ0n) is 19.3. The van der Waals surface area contributed by atoms with Crippen LogP contribution in [0.15, 0.2) is 36.4 Å². The zero-order valence-corrected chi connectivity index (χ0v) is 19.3. The van der Waals surface area contributed by atoms with Crippen molar-refractivity contribution in [3.05, 3.63) is 42.0 Å². The Bertz CT molecular complexity index is 882. The van der Waals surface area contributed by atoms with Gasteiger partial charge in [-0.05, 0) is 98.5 Å². The molecule has 2 aromatic carbocycles. The highest BCUT2D eigenvalue weighted by atomic mass is 16.5. The second-order valence-corrected chi connectivity index (χ2v) is 9.57. The number of carbonyl (C=O) groups is 1. The second-order valence-electron chi connectivity index (χ2n) is 9.57. The summed E-state index contributed by atoms with van der Waals surface area (Å²) in [5.41, 5.74) is 1.28. The van der Waals surface area contributed by atoms with Gasteiger partial charge in [0.2, 0.25) is 0 Å². The van der Waals surface area contributed by atoms with Gasteiger partial charge in [0.15, 0.2) is 0 Å². The van der Waals surface area contributed by atoms with Crippen LogP contribution in [0.3, 0.4) is 0 Å². The molecule has 2 aromatic rings. The van der Waals surface area contributed by atoms with Gasteiger partial charge in [0.05, 0.1) is 12.0 Å². The summed E-state index contributed by atoms with van der Waals surface area (Å²) in [6.07, 6.45) is 7.49. The van der Waals surface area contributed by atoms with E-state index in [1.807, 2.05) is 0 Å². The van der Waals surface area contributed by atoms with Gasteiger partial charge in [0.25, 0.3) is 0 Å². The average molecular weight is 440 g/mol. The molecule has 5 heteroatoms. The molecule has 0 aromatic heterocycles. The molecule has 0 atom stereocenters. The van der Waals surface area contributed by atoms with Crippen LogP contribution in [-0.2, 0) is 16.1 Å². The van der Waals surface area contributed by atoms with Crippen molar-refractivity contribution in [2.75, 3.05) is 26.3 Å². The molecule has 1 N–H and O–H groups in total. The van der Waals surface area contributed by atoms with Crippen LogP contribution < -0.4 is 4.74 Å². The van der Waals surface area contributed by atoms with E-state index in [1.165, 1.54) is 29.2 Å². The molecule has 1 saturated carbocycles. The maximum absolute atomic E-state index is 11.1. The van der Waals surface area contributed by atoms with Gasteiger partial charge in [-0.2, -0.15) is 0 Å². The lowest BCUT2D eigenvalue weighted by molar-refractivity contribution is -0.143. The number of fused-ring (bicyclic) bond motifs is 1. The van der Waals surface area contributed by atoms with E-state index in [0.29, 0.717) is 12.0 Å². The minimum absolute atomic E-state index is 0.175. The average Bonchev–Trinajstić information content (AvgIpc) is 2.81. The summed E-state index contributed by atoms with van der Waals surface area (Å²) < 4.78 is 12.0. The molecule has 32 heavy (non-hydrogen) atoms. The van der Waals surface area contributed by atoms with Gasteiger partial charge in [0.1, 0.15) is 5.75 Å². The first-order valence-corrected chi connectivity index (χ1v) is 12.3. The Balaban J connectivity index is 1.28. The highest BCUT2D eigenvalue weighted by molar-refractivity contribution is 5.84. The fourth-order valence-electron chi connectivity index (χ4n) is 5.04. The molecule has 1 aliphatic carbocycles. The molecule has 174 valence electrons. The summed E-state index contributed by atoms with van der Waals surface area (Å²) in [6.45, 7) is 6.52. The highest BCUT2D eigenvalue weighted by Gasteiger charge is 2.25. The molecule has 0 unspecified atom stereocenters. The van der Waals surface area contributed by atoms with E-state index >= 15 is 0 Å². The lowest BCUT2D eigenvalue weighted by Crippen LogP contribution is -2.35. The smallest absolute Gasteiger partial charge is 0.306 e. The molecule has 2 aliphatic rings. The molecule has 1 saturated heterocycles. The van der Waals surface area contributed by atoms with Crippen LogP contribution in [0.2, 0.25) is 0 Å². The number of piperidine rings is 1. The maximum Gasteiger partial charge on any atom is 0.306 e. The van der Waals surface area contributed by atoms with E-state index in [4.69, 9.17) is 9.47 Å². The topological polar surface area (TPSA) is 59.0 Å². The number of benzene rings is 2. The normalized spacial score (nSPS) is 22.8. The summed E-state index contributed by atoms with van der Waals surface area (Å²) in [7, 11) is 0. The molecule has 1 heterocycles. The summed E-state index contributed by atoms with van der Waals surface area (Å²) >= 11 is 0. The van der Waals surface area contributed by atoms with Gasteiger partial charge >= 0.3 is 5.97 Å². The Morgan fingerprint density at radius 1 is 1.00 bits per heavy atom. The fourth-order valence-corrected chi connectivity index (χ4v) is 5.04. The monoisotopic (exact) mass is 439 g/mol. The van der Waals surface area contributed by atoms with Gasteiger partial charge in [0, 0.05) is 19.8 Å². The zero-order chi connectivity index (χ0) is 22.3. The van der Waals surface area contributed by atoms with Crippen molar-refractivity contribution >= 4 is 16.7 Å². The van der Waals surface area contributed by atoms with Crippen LogP contribution >= 0.6 is 0 Å². The number of carboxylic acids is 1. The Morgan fingerprint density at radius 2 is 1.72 bits per heavy atom. The number of hydrogen-bond donors (Lipinski definition) is 1. The van der Waals surface area contributed by atoms with E-state index in [-0.39, 0.29) is 5.92 Å². The number of hydrogen-bond acceptors (Lipinski definition) is 4. The number of ether oxygens (including phenoxy) is 2. The minimum Gasteiger partial charge on any atom is -0.490 e. The predicted octanol–water partition coefficient (Wildman–Crippen LogP) is 5.50. The van der Waals surface area contributed by atoms with E-state index in [9.17, 15) is 9.90 Å². The van der Waals surface area contributed by atoms with Crippen molar-refractivity contribution in [2.45, 2.75) is 64.5 Å². The second kappa shape index (κ2) is 11.2. The van der Waals surface area contributed by atoms with Crippen LogP contribution in [0.5, 0.6) is 5.75 Å². The van der Waals surface area contributed by atoms with Crippen LogP contribution in [0.25, 0.3) is 10.8 Å². The van der Waals surface area contributed by atoms with Gasteiger partial charge in [-0.25, -0.2) is 0 Å². The van der Waals surface area contributed by atoms with Crippen molar-refractivity contribution in [3.8, 4) is 5.75 Å². The minimum atomic E-state index is -0.651. The third-order valence-corrected chi connectivity index (χ3v) is 7.02. The van der Waals surface area contributed by atoms with E-state index < -0.39 is 5.97 Å². The highest BCUT2D eigenvalue weighted by Crippen LogP contribution is 2.30. The van der Waals surface area contributed by atoms with Crippen LogP contribution in [0.4, 0.5) is 0 Å². The van der Waals surface area contributed by atoms with E-state index in [0.717, 1.165) is 70.7 Å². The molecule has 2 fully saturated rings. The summed E-state index contributed by atoms with van der Waals surface area (Å²) in [5.74, 6) is 0.825. The van der Waals surface area contributed by atoms with Crippen molar-refractivity contribution < 1.29 is 19.4 Å². The largest absolute Gasteiger partial charge is 0.490 e. The molecular formula is C27H37NO4. The van der Waals surface area contributed by atoms with E-state index in [1.54, 1.807) is 0 Å². The Labute approximate surface area is 191 Å². The Kier molecular flexibility index (Phi) is 8.04. The standard InChI is InChI=1S/C27H37NO4/c1-2-15-31-19-20-4-8-25(9-5-20)32-26-10-7-23-16-21(3-6-24(23)17-26)18-28-13-11-22(12-14-28)27(29)30/h3,6-7,10,16-17,20,22,25H,2,4-5,8-9,11-15,18-19H2,1H3,(H,29,30)/t20-,25+. The van der Waals surface area contributed by atoms with Gasteiger partial charge in [-0.15, -0.1) is 0 Å². The first-order valence-electron chi connectivity index (χ1n) is 12.3. The number of rotatable bonds is 9. The summed E-state index contributed by atoms with van der Waals surface area (Å²) in [6, 6.07) is 13.0. The van der Waals surface area contributed by atoms with Crippen molar-refractivity contribution in [1.82, 2.24) is 4.90 Å². The Morgan fingerprint density at radius 3 is 2.44 bits per heavy atom. The third-order valence-electron chi connectivity index (χ3n) is 7.02. The van der Waals surface area contributed by atoms with E-state index in [2.05, 4.69) is 48.2 Å². The molecular weight excluding hydrogens is 402 g/mol. The van der Waals surface area contributed by atoms with Crippen molar-refractivity contribution in [1.29, 1.82) is 0 Å². The summed E-state index contributed by atoms with van der Waals surface area (Å²) in [5, 5.41) is 11.6. The lowest BCUT2D eigenvalue weighted by atomic mass is 9.88. The van der Waals surface area contributed by atoms with Crippen molar-refractivity contribution in [2.24, 2.45) is 11.8 Å². The first kappa shape index (κ1) is 23.1. The first-order chi connectivity index (χ1) is 15.6. The quantitative estimate of drug-likeness (QED) is 0.523. The number of carboxylic acid groups (broad SMARTS) is 1. The molecule has 0 spiro atoms. The number of aliphatic carboxylic acids is 1. The number of nitrogens with zero attached hydrogens (tertiary/aromatic N) is 1. The molecule has 1 aliphatic heterocycles. The third kappa shape index (κ3) is 6.23. The van der Waals surface area contributed by atoms with Gasteiger partial charge in [-0.1, -0.05) is 25.1 Å². The maximum atomic E-state index is 11.1. The summed E-state index contributed by atoms with van der Waals surface area (Å²) in [4.78, 5) is 13.5. The molecule has 5 nitrogen and oxygen atoms in total. The van der Waals surface area contributed by atoms with Gasteiger partial charge in [-0.3, -0.25) is 9.69 Å².